The van der Waals surface area contributed by atoms with Gasteiger partial charge in [0.25, 0.3) is 0 Å². The van der Waals surface area contributed by atoms with E-state index in [9.17, 15) is 0 Å². The Morgan fingerprint density at radius 2 is 2.00 bits per heavy atom. The molecule has 112 valence electrons. The predicted molar refractivity (Wildman–Crippen MR) is 85.0 cm³/mol. The van der Waals surface area contributed by atoms with Crippen LogP contribution in [0.25, 0.3) is 0 Å². The van der Waals surface area contributed by atoms with E-state index >= 15 is 0 Å². The van der Waals surface area contributed by atoms with Crippen LogP contribution >= 0.6 is 0 Å². The maximum Gasteiger partial charge on any atom is 0.123 e. The minimum Gasteiger partial charge on any atom is -0.496 e. The van der Waals surface area contributed by atoms with Crippen LogP contribution in [0, 0.1) is 18.8 Å². The molecule has 0 saturated heterocycles. The number of aryl methyl sites for hydroxylation is 1. The van der Waals surface area contributed by atoms with Crippen molar-refractivity contribution in [3.8, 4) is 5.75 Å². The molecule has 0 aromatic heterocycles. The number of hydrogen-bond acceptors (Lipinski definition) is 2. The molecule has 1 aliphatic carbocycles. The third-order valence-electron chi connectivity index (χ3n) is 4.99. The largest absolute Gasteiger partial charge is 0.496 e. The zero-order valence-corrected chi connectivity index (χ0v) is 13.4. The average molecular weight is 275 g/mol. The van der Waals surface area contributed by atoms with E-state index in [4.69, 9.17) is 10.5 Å². The van der Waals surface area contributed by atoms with Crippen LogP contribution < -0.4 is 10.5 Å². The third kappa shape index (κ3) is 3.17. The molecule has 1 fully saturated rings. The fraction of sp³-hybridized carbons (Fsp3) is 0.667. The molecule has 1 aromatic carbocycles. The van der Waals surface area contributed by atoms with Crippen molar-refractivity contribution in [2.75, 3.05) is 7.11 Å². The molecule has 0 aliphatic heterocycles. The van der Waals surface area contributed by atoms with Gasteiger partial charge in [-0.05, 0) is 44.1 Å². The Kier molecular flexibility index (Phi) is 4.74. The lowest BCUT2D eigenvalue weighted by Crippen LogP contribution is -2.36. The second-order valence-corrected chi connectivity index (χ2v) is 6.79. The van der Waals surface area contributed by atoms with Gasteiger partial charge in [0, 0.05) is 11.1 Å². The lowest BCUT2D eigenvalue weighted by atomic mass is 9.81. The Balaban J connectivity index is 2.28. The van der Waals surface area contributed by atoms with Gasteiger partial charge in [0.2, 0.25) is 0 Å². The average Bonchev–Trinajstić information content (AvgIpc) is 2.62. The van der Waals surface area contributed by atoms with Crippen LogP contribution in [0.3, 0.4) is 0 Å². The fourth-order valence-electron chi connectivity index (χ4n) is 3.54. The molecule has 0 amide bonds. The summed E-state index contributed by atoms with van der Waals surface area (Å²) in [5.74, 6) is 2.52. The Labute approximate surface area is 123 Å². The zero-order chi connectivity index (χ0) is 14.8. The van der Waals surface area contributed by atoms with Gasteiger partial charge in [-0.25, -0.2) is 0 Å². The molecule has 20 heavy (non-hydrogen) atoms. The number of rotatable bonds is 3. The minimum atomic E-state index is -0.221. The predicted octanol–water partition coefficient (Wildman–Crippen LogP) is 4.39. The molecule has 1 aromatic rings. The van der Waals surface area contributed by atoms with E-state index in [2.05, 4.69) is 39.0 Å². The van der Waals surface area contributed by atoms with Crippen LogP contribution in [0.15, 0.2) is 18.2 Å². The third-order valence-corrected chi connectivity index (χ3v) is 4.99. The summed E-state index contributed by atoms with van der Waals surface area (Å²) in [4.78, 5) is 0. The maximum absolute atomic E-state index is 6.81. The quantitative estimate of drug-likeness (QED) is 0.830. The Bertz CT molecular complexity index is 455. The molecule has 0 bridgehead atoms. The molecule has 0 spiro atoms. The molecule has 2 rings (SSSR count). The van der Waals surface area contributed by atoms with Crippen molar-refractivity contribution in [2.45, 2.75) is 58.4 Å². The number of hydrogen-bond donors (Lipinski definition) is 1. The van der Waals surface area contributed by atoms with Crippen molar-refractivity contribution in [3.63, 3.8) is 0 Å². The molecular weight excluding hydrogens is 246 g/mol. The van der Waals surface area contributed by atoms with Gasteiger partial charge < -0.3 is 10.5 Å². The van der Waals surface area contributed by atoms with Crippen molar-refractivity contribution in [1.29, 1.82) is 0 Å². The van der Waals surface area contributed by atoms with Crippen molar-refractivity contribution >= 4 is 0 Å². The van der Waals surface area contributed by atoms with E-state index in [1.54, 1.807) is 7.11 Å². The van der Waals surface area contributed by atoms with Gasteiger partial charge in [-0.3, -0.25) is 0 Å². The standard InChI is InChI=1S/C18H29NO/c1-13(2)15-6-5-10-18(19,11-9-15)16-12-14(3)7-8-17(16)20-4/h7-8,12-13,15H,5-6,9-11,19H2,1-4H3. The highest BCUT2D eigenvalue weighted by molar-refractivity contribution is 5.42. The lowest BCUT2D eigenvalue weighted by Gasteiger charge is -2.31. The first kappa shape index (κ1) is 15.4. The summed E-state index contributed by atoms with van der Waals surface area (Å²) in [7, 11) is 1.74. The van der Waals surface area contributed by atoms with E-state index in [0.29, 0.717) is 0 Å². The highest BCUT2D eigenvalue weighted by Gasteiger charge is 2.34. The van der Waals surface area contributed by atoms with Gasteiger partial charge in [-0.2, -0.15) is 0 Å². The van der Waals surface area contributed by atoms with Gasteiger partial charge in [0.15, 0.2) is 0 Å². The summed E-state index contributed by atoms with van der Waals surface area (Å²) in [6.07, 6.45) is 5.89. The fourth-order valence-corrected chi connectivity index (χ4v) is 3.54. The van der Waals surface area contributed by atoms with E-state index in [1.165, 1.54) is 30.4 Å². The summed E-state index contributed by atoms with van der Waals surface area (Å²) >= 11 is 0. The van der Waals surface area contributed by atoms with E-state index in [0.717, 1.165) is 30.4 Å². The highest BCUT2D eigenvalue weighted by atomic mass is 16.5. The van der Waals surface area contributed by atoms with Crippen LogP contribution in [0.1, 0.15) is 57.1 Å². The van der Waals surface area contributed by atoms with E-state index in [-0.39, 0.29) is 5.54 Å². The van der Waals surface area contributed by atoms with Crippen molar-refractivity contribution in [3.05, 3.63) is 29.3 Å². The van der Waals surface area contributed by atoms with Gasteiger partial charge in [0.1, 0.15) is 5.75 Å². The minimum absolute atomic E-state index is 0.221. The van der Waals surface area contributed by atoms with Crippen LogP contribution in [0.5, 0.6) is 5.75 Å². The second-order valence-electron chi connectivity index (χ2n) is 6.79. The number of methoxy groups -OCH3 is 1. The molecule has 2 heteroatoms. The molecule has 2 nitrogen and oxygen atoms in total. The topological polar surface area (TPSA) is 35.2 Å². The van der Waals surface area contributed by atoms with Crippen LogP contribution in [-0.2, 0) is 5.54 Å². The SMILES string of the molecule is COc1ccc(C)cc1C1(N)CCCC(C(C)C)CC1. The number of ether oxygens (including phenoxy) is 1. The van der Waals surface area contributed by atoms with Crippen LogP contribution in [0.2, 0.25) is 0 Å². The van der Waals surface area contributed by atoms with Gasteiger partial charge in [-0.15, -0.1) is 0 Å². The molecule has 0 radical (unpaired) electrons. The first-order valence-corrected chi connectivity index (χ1v) is 7.90. The summed E-state index contributed by atoms with van der Waals surface area (Å²) in [5, 5.41) is 0. The molecule has 2 unspecified atom stereocenters. The van der Waals surface area contributed by atoms with Crippen LogP contribution in [0.4, 0.5) is 0 Å². The molecule has 0 heterocycles. The normalized spacial score (nSPS) is 27.4. The Morgan fingerprint density at radius 3 is 2.65 bits per heavy atom. The number of benzene rings is 1. The monoisotopic (exact) mass is 275 g/mol. The summed E-state index contributed by atoms with van der Waals surface area (Å²) < 4.78 is 5.55. The maximum atomic E-state index is 6.81. The second kappa shape index (κ2) is 6.17. The van der Waals surface area contributed by atoms with Crippen LogP contribution in [-0.4, -0.2) is 7.11 Å². The van der Waals surface area contributed by atoms with Crippen molar-refractivity contribution in [1.82, 2.24) is 0 Å². The summed E-state index contributed by atoms with van der Waals surface area (Å²) in [6.45, 7) is 6.79. The van der Waals surface area contributed by atoms with Gasteiger partial charge in [0.05, 0.1) is 7.11 Å². The molecule has 2 N–H and O–H groups in total. The lowest BCUT2D eigenvalue weighted by molar-refractivity contribution is 0.318. The zero-order valence-electron chi connectivity index (χ0n) is 13.4. The number of nitrogens with two attached hydrogens (primary N) is 1. The first-order chi connectivity index (χ1) is 9.46. The van der Waals surface area contributed by atoms with Crippen molar-refractivity contribution in [2.24, 2.45) is 17.6 Å². The Morgan fingerprint density at radius 1 is 1.25 bits per heavy atom. The summed E-state index contributed by atoms with van der Waals surface area (Å²) in [6, 6.07) is 6.37. The van der Waals surface area contributed by atoms with E-state index < -0.39 is 0 Å². The Hall–Kier alpha value is -1.02. The molecule has 1 saturated carbocycles. The molecule has 2 atom stereocenters. The van der Waals surface area contributed by atoms with Gasteiger partial charge in [-0.1, -0.05) is 44.4 Å². The first-order valence-electron chi connectivity index (χ1n) is 7.90. The molecular formula is C18H29NO. The summed E-state index contributed by atoms with van der Waals surface area (Å²) in [5.41, 5.74) is 9.04. The van der Waals surface area contributed by atoms with Gasteiger partial charge >= 0.3 is 0 Å². The molecule has 1 aliphatic rings. The highest BCUT2D eigenvalue weighted by Crippen LogP contribution is 2.41. The van der Waals surface area contributed by atoms with Crippen molar-refractivity contribution < 1.29 is 4.74 Å². The smallest absolute Gasteiger partial charge is 0.123 e. The van der Waals surface area contributed by atoms with E-state index in [1.807, 2.05) is 0 Å².